The second-order valence-corrected chi connectivity index (χ2v) is 4.20. The minimum Gasteiger partial charge on any atom is -0.450 e. The minimum atomic E-state index is -0.457. The fourth-order valence-corrected chi connectivity index (χ4v) is 1.57. The zero-order chi connectivity index (χ0) is 14.4. The first-order chi connectivity index (χ1) is 9.69. The Morgan fingerprint density at radius 2 is 2.15 bits per heavy atom. The van der Waals surface area contributed by atoms with E-state index in [2.05, 4.69) is 14.9 Å². The molecule has 0 atom stereocenters. The Morgan fingerprint density at radius 1 is 1.40 bits per heavy atom. The summed E-state index contributed by atoms with van der Waals surface area (Å²) in [6, 6.07) is 9.47. The van der Waals surface area contributed by atoms with E-state index in [4.69, 9.17) is 9.78 Å². The number of benzene rings is 1. The van der Waals surface area contributed by atoms with Crippen molar-refractivity contribution < 1.29 is 14.1 Å². The summed E-state index contributed by atoms with van der Waals surface area (Å²) < 4.78 is 9.70. The molecule has 1 aromatic heterocycles. The van der Waals surface area contributed by atoms with E-state index in [1.165, 1.54) is 0 Å². The van der Waals surface area contributed by atoms with Gasteiger partial charge in [0, 0.05) is 12.0 Å². The van der Waals surface area contributed by atoms with Gasteiger partial charge in [-0.2, -0.15) is 10.2 Å². The molecule has 0 unspecified atom stereocenters. The summed E-state index contributed by atoms with van der Waals surface area (Å²) in [5.74, 6) is 0.404. The zero-order valence-electron chi connectivity index (χ0n) is 11.0. The van der Waals surface area contributed by atoms with Crippen LogP contribution < -0.4 is 0 Å². The molecule has 0 aliphatic rings. The zero-order valence-corrected chi connectivity index (χ0v) is 11.0. The van der Waals surface area contributed by atoms with Crippen LogP contribution in [0, 0.1) is 18.3 Å². The molecule has 0 aliphatic carbocycles. The van der Waals surface area contributed by atoms with Gasteiger partial charge in [0.1, 0.15) is 6.07 Å². The van der Waals surface area contributed by atoms with Crippen molar-refractivity contribution in [1.29, 1.82) is 5.26 Å². The van der Waals surface area contributed by atoms with Gasteiger partial charge in [-0.3, -0.25) is 4.79 Å². The van der Waals surface area contributed by atoms with E-state index >= 15 is 0 Å². The highest BCUT2D eigenvalue weighted by molar-refractivity contribution is 5.69. The number of esters is 1. The van der Waals surface area contributed by atoms with E-state index in [0.717, 1.165) is 11.1 Å². The third-order valence-corrected chi connectivity index (χ3v) is 2.62. The van der Waals surface area contributed by atoms with Crippen molar-refractivity contribution in [3.05, 3.63) is 35.7 Å². The van der Waals surface area contributed by atoms with Gasteiger partial charge in [0.05, 0.1) is 6.42 Å². The molecule has 0 spiro atoms. The number of nitriles is 1. The maximum atomic E-state index is 11.2. The molecular weight excluding hydrogens is 258 g/mol. The van der Waals surface area contributed by atoms with Crippen molar-refractivity contribution in [2.75, 3.05) is 6.61 Å². The molecule has 0 bridgehead atoms. The van der Waals surface area contributed by atoms with Gasteiger partial charge in [-0.15, -0.1) is 0 Å². The number of carbonyl (C=O) groups is 1. The van der Waals surface area contributed by atoms with Crippen molar-refractivity contribution in [2.24, 2.45) is 0 Å². The standard InChI is InChI=1S/C14H13N3O3/c1-10-2-4-11(5-3-10)14-16-12(20-17-14)6-7-13(18)19-9-8-15/h2-5H,6-7,9H2,1H3. The van der Waals surface area contributed by atoms with Gasteiger partial charge in [-0.25, -0.2) is 0 Å². The molecule has 0 N–H and O–H groups in total. The van der Waals surface area contributed by atoms with Crippen LogP contribution in [0.2, 0.25) is 0 Å². The normalized spacial score (nSPS) is 10.0. The third kappa shape index (κ3) is 3.65. The van der Waals surface area contributed by atoms with Gasteiger partial charge in [0.2, 0.25) is 11.7 Å². The Morgan fingerprint density at radius 3 is 2.85 bits per heavy atom. The first-order valence-corrected chi connectivity index (χ1v) is 6.11. The molecule has 0 aliphatic heterocycles. The predicted octanol–water partition coefficient (Wildman–Crippen LogP) is 2.04. The highest BCUT2D eigenvalue weighted by atomic mass is 16.5. The SMILES string of the molecule is Cc1ccc(-c2noc(CCC(=O)OCC#N)n2)cc1. The molecule has 0 radical (unpaired) electrons. The van der Waals surface area contributed by atoms with E-state index in [1.54, 1.807) is 6.07 Å². The maximum absolute atomic E-state index is 11.2. The third-order valence-electron chi connectivity index (χ3n) is 2.62. The summed E-state index contributed by atoms with van der Waals surface area (Å²) in [5, 5.41) is 12.1. The molecule has 1 aromatic carbocycles. The lowest BCUT2D eigenvalue weighted by Gasteiger charge is -1.96. The van der Waals surface area contributed by atoms with Crippen molar-refractivity contribution in [3.8, 4) is 17.5 Å². The Labute approximate surface area is 116 Å². The van der Waals surface area contributed by atoms with Crippen LogP contribution in [0.1, 0.15) is 17.9 Å². The molecule has 20 heavy (non-hydrogen) atoms. The molecule has 102 valence electrons. The number of aromatic nitrogens is 2. The summed E-state index contributed by atoms with van der Waals surface area (Å²) >= 11 is 0. The number of carbonyl (C=O) groups excluding carboxylic acids is 1. The summed E-state index contributed by atoms with van der Waals surface area (Å²) in [6.45, 7) is 1.76. The molecule has 2 rings (SSSR count). The molecule has 6 nitrogen and oxygen atoms in total. The number of ether oxygens (including phenoxy) is 1. The van der Waals surface area contributed by atoms with Crippen molar-refractivity contribution >= 4 is 5.97 Å². The molecule has 0 fully saturated rings. The number of nitrogens with zero attached hydrogens (tertiary/aromatic N) is 3. The highest BCUT2D eigenvalue weighted by Crippen LogP contribution is 2.16. The van der Waals surface area contributed by atoms with E-state index in [9.17, 15) is 4.79 Å². The van der Waals surface area contributed by atoms with Gasteiger partial charge >= 0.3 is 5.97 Å². The lowest BCUT2D eigenvalue weighted by atomic mass is 10.1. The fourth-order valence-electron chi connectivity index (χ4n) is 1.57. The van der Waals surface area contributed by atoms with E-state index in [0.29, 0.717) is 18.1 Å². The molecule has 0 amide bonds. The van der Waals surface area contributed by atoms with Crippen LogP contribution in [0.3, 0.4) is 0 Å². The second-order valence-electron chi connectivity index (χ2n) is 4.20. The Balaban J connectivity index is 1.94. The molecular formula is C14H13N3O3. The van der Waals surface area contributed by atoms with E-state index < -0.39 is 5.97 Å². The van der Waals surface area contributed by atoms with Crippen LogP contribution in [0.5, 0.6) is 0 Å². The lowest BCUT2D eigenvalue weighted by Crippen LogP contribution is -2.05. The van der Waals surface area contributed by atoms with Gasteiger partial charge in [0.15, 0.2) is 6.61 Å². The Kier molecular flexibility index (Phi) is 4.45. The largest absolute Gasteiger partial charge is 0.450 e. The Bertz CT molecular complexity index is 626. The maximum Gasteiger partial charge on any atom is 0.307 e. The van der Waals surface area contributed by atoms with Crippen LogP contribution in [-0.2, 0) is 16.0 Å². The highest BCUT2D eigenvalue weighted by Gasteiger charge is 2.11. The van der Waals surface area contributed by atoms with Crippen LogP contribution in [0.4, 0.5) is 0 Å². The monoisotopic (exact) mass is 271 g/mol. The average Bonchev–Trinajstić information content (AvgIpc) is 2.92. The molecule has 0 saturated heterocycles. The average molecular weight is 271 g/mol. The predicted molar refractivity (Wildman–Crippen MR) is 69.4 cm³/mol. The van der Waals surface area contributed by atoms with Gasteiger partial charge in [0.25, 0.3) is 0 Å². The topological polar surface area (TPSA) is 89.0 Å². The Hall–Kier alpha value is -2.68. The number of rotatable bonds is 5. The van der Waals surface area contributed by atoms with Gasteiger partial charge in [-0.1, -0.05) is 35.0 Å². The van der Waals surface area contributed by atoms with Crippen molar-refractivity contribution in [3.63, 3.8) is 0 Å². The summed E-state index contributed by atoms with van der Waals surface area (Å²) in [6.07, 6.45) is 0.403. The van der Waals surface area contributed by atoms with Crippen LogP contribution in [-0.4, -0.2) is 22.7 Å². The quantitative estimate of drug-likeness (QED) is 0.773. The molecule has 6 heteroatoms. The van der Waals surface area contributed by atoms with Crippen LogP contribution in [0.15, 0.2) is 28.8 Å². The lowest BCUT2D eigenvalue weighted by molar-refractivity contribution is -0.142. The number of hydrogen-bond donors (Lipinski definition) is 0. The number of aryl methyl sites for hydroxylation is 2. The summed E-state index contributed by atoms with van der Waals surface area (Å²) in [5.41, 5.74) is 2.01. The van der Waals surface area contributed by atoms with Gasteiger partial charge in [-0.05, 0) is 6.92 Å². The summed E-state index contributed by atoms with van der Waals surface area (Å²) in [4.78, 5) is 15.4. The van der Waals surface area contributed by atoms with Crippen molar-refractivity contribution in [1.82, 2.24) is 10.1 Å². The van der Waals surface area contributed by atoms with Crippen molar-refractivity contribution in [2.45, 2.75) is 19.8 Å². The molecule has 1 heterocycles. The van der Waals surface area contributed by atoms with Crippen LogP contribution >= 0.6 is 0 Å². The summed E-state index contributed by atoms with van der Waals surface area (Å²) in [7, 11) is 0. The number of hydrogen-bond acceptors (Lipinski definition) is 6. The fraction of sp³-hybridized carbons (Fsp3) is 0.286. The second kappa shape index (κ2) is 6.48. The molecule has 0 saturated carbocycles. The van der Waals surface area contributed by atoms with E-state index in [-0.39, 0.29) is 13.0 Å². The minimum absolute atomic E-state index is 0.108. The molecule has 2 aromatic rings. The van der Waals surface area contributed by atoms with Gasteiger partial charge < -0.3 is 9.26 Å². The smallest absolute Gasteiger partial charge is 0.307 e. The first kappa shape index (κ1) is 13.7. The van der Waals surface area contributed by atoms with Crippen LogP contribution in [0.25, 0.3) is 11.4 Å². The first-order valence-electron chi connectivity index (χ1n) is 6.11. The van der Waals surface area contributed by atoms with E-state index in [1.807, 2.05) is 31.2 Å².